The van der Waals surface area contributed by atoms with E-state index >= 15 is 0 Å². The molecule has 7 heteroatoms. The first kappa shape index (κ1) is 17.4. The van der Waals surface area contributed by atoms with Crippen LogP contribution in [0.1, 0.15) is 22.8 Å². The Morgan fingerprint density at radius 3 is 2.62 bits per heavy atom. The summed E-state index contributed by atoms with van der Waals surface area (Å²) in [7, 11) is 0. The van der Waals surface area contributed by atoms with E-state index in [4.69, 9.17) is 0 Å². The number of rotatable bonds is 5. The van der Waals surface area contributed by atoms with Crippen LogP contribution >= 0.6 is 0 Å². The summed E-state index contributed by atoms with van der Waals surface area (Å²) in [5.41, 5.74) is 6.22. The lowest BCUT2D eigenvalue weighted by Gasteiger charge is -2.21. The van der Waals surface area contributed by atoms with Crippen LogP contribution in [0.2, 0.25) is 0 Å². The van der Waals surface area contributed by atoms with Gasteiger partial charge in [-0.15, -0.1) is 0 Å². The third-order valence-corrected chi connectivity index (χ3v) is 5.00. The summed E-state index contributed by atoms with van der Waals surface area (Å²) < 4.78 is 0. The molecule has 0 bridgehead atoms. The summed E-state index contributed by atoms with van der Waals surface area (Å²) >= 11 is 0. The zero-order chi connectivity index (χ0) is 19.6. The summed E-state index contributed by atoms with van der Waals surface area (Å²) in [6, 6.07) is 18.5. The Balaban J connectivity index is 1.39. The number of pyridine rings is 1. The summed E-state index contributed by atoms with van der Waals surface area (Å²) in [6.07, 6.45) is 4.17. The molecule has 0 aliphatic carbocycles. The Bertz CT molecular complexity index is 1120. The first-order valence-electron chi connectivity index (χ1n) is 9.59. The van der Waals surface area contributed by atoms with E-state index in [0.29, 0.717) is 13.0 Å². The molecule has 0 amide bonds. The number of hydrogen-bond acceptors (Lipinski definition) is 6. The zero-order valence-corrected chi connectivity index (χ0v) is 16.2. The van der Waals surface area contributed by atoms with Crippen molar-refractivity contribution >= 4 is 17.2 Å². The van der Waals surface area contributed by atoms with Gasteiger partial charge >= 0.3 is 0 Å². The van der Waals surface area contributed by atoms with Gasteiger partial charge in [0.15, 0.2) is 5.82 Å². The SMILES string of the molecule is Cc1cc(Cc2cc(CN3CN(c4ccccc4)c4ncccc43)ncn2)n[nH]1. The molecular formula is C22H21N7. The highest BCUT2D eigenvalue weighted by atomic mass is 15.4. The van der Waals surface area contributed by atoms with Crippen molar-refractivity contribution < 1.29 is 0 Å². The quantitative estimate of drug-likeness (QED) is 0.568. The number of hydrogen-bond donors (Lipinski definition) is 1. The van der Waals surface area contributed by atoms with E-state index in [2.05, 4.69) is 59.2 Å². The molecule has 0 fully saturated rings. The monoisotopic (exact) mass is 383 g/mol. The molecule has 1 aliphatic heterocycles. The Morgan fingerprint density at radius 1 is 0.931 bits per heavy atom. The van der Waals surface area contributed by atoms with Gasteiger partial charge in [0.1, 0.15) is 6.33 Å². The molecule has 3 aromatic heterocycles. The minimum Gasteiger partial charge on any atom is -0.344 e. The van der Waals surface area contributed by atoms with Gasteiger partial charge in [0, 0.05) is 24.0 Å². The van der Waals surface area contributed by atoms with Crippen LogP contribution in [-0.4, -0.2) is 31.8 Å². The fourth-order valence-electron chi connectivity index (χ4n) is 3.68. The number of nitrogens with zero attached hydrogens (tertiary/aromatic N) is 6. The first-order valence-corrected chi connectivity index (χ1v) is 9.59. The number of nitrogens with one attached hydrogen (secondary N) is 1. The summed E-state index contributed by atoms with van der Waals surface area (Å²) in [5.74, 6) is 0.972. The van der Waals surface area contributed by atoms with Gasteiger partial charge in [-0.25, -0.2) is 15.0 Å². The van der Waals surface area contributed by atoms with Gasteiger partial charge in [-0.05, 0) is 43.3 Å². The molecule has 7 nitrogen and oxygen atoms in total. The van der Waals surface area contributed by atoms with Crippen molar-refractivity contribution in [3.8, 4) is 0 Å². The number of anilines is 3. The van der Waals surface area contributed by atoms with Crippen LogP contribution in [-0.2, 0) is 13.0 Å². The smallest absolute Gasteiger partial charge is 0.158 e. The van der Waals surface area contributed by atoms with E-state index in [1.54, 1.807) is 6.33 Å². The molecule has 1 N–H and O–H groups in total. The number of fused-ring (bicyclic) bond motifs is 1. The third-order valence-electron chi connectivity index (χ3n) is 5.00. The molecule has 0 unspecified atom stereocenters. The van der Waals surface area contributed by atoms with Crippen molar-refractivity contribution in [3.63, 3.8) is 0 Å². The van der Waals surface area contributed by atoms with E-state index in [-0.39, 0.29) is 0 Å². The minimum absolute atomic E-state index is 0.689. The number of aromatic amines is 1. The number of aromatic nitrogens is 5. The van der Waals surface area contributed by atoms with Crippen molar-refractivity contribution in [1.82, 2.24) is 25.1 Å². The van der Waals surface area contributed by atoms with Crippen LogP contribution in [0.5, 0.6) is 0 Å². The van der Waals surface area contributed by atoms with E-state index in [1.807, 2.05) is 43.5 Å². The van der Waals surface area contributed by atoms with Crippen LogP contribution in [0.4, 0.5) is 17.2 Å². The lowest BCUT2D eigenvalue weighted by Crippen LogP contribution is -2.28. The maximum atomic E-state index is 4.62. The van der Waals surface area contributed by atoms with Crippen molar-refractivity contribution in [2.75, 3.05) is 16.5 Å². The number of para-hydroxylation sites is 1. The maximum Gasteiger partial charge on any atom is 0.158 e. The largest absolute Gasteiger partial charge is 0.344 e. The first-order chi connectivity index (χ1) is 14.3. The van der Waals surface area contributed by atoms with E-state index in [0.717, 1.165) is 46.6 Å². The van der Waals surface area contributed by atoms with Crippen LogP contribution in [0.25, 0.3) is 0 Å². The summed E-state index contributed by atoms with van der Waals surface area (Å²) in [5, 5.41) is 7.29. The average molecular weight is 383 g/mol. The normalized spacial score (nSPS) is 13.0. The van der Waals surface area contributed by atoms with Crippen LogP contribution in [0.3, 0.4) is 0 Å². The van der Waals surface area contributed by atoms with Gasteiger partial charge in [0.05, 0.1) is 36.0 Å². The van der Waals surface area contributed by atoms with Gasteiger partial charge in [-0.1, -0.05) is 18.2 Å². The molecule has 4 aromatic rings. The topological polar surface area (TPSA) is 73.8 Å². The lowest BCUT2D eigenvalue weighted by atomic mass is 10.2. The maximum absolute atomic E-state index is 4.62. The highest BCUT2D eigenvalue weighted by Crippen LogP contribution is 2.38. The van der Waals surface area contributed by atoms with Gasteiger partial charge in [-0.2, -0.15) is 5.10 Å². The number of H-pyrrole nitrogens is 1. The van der Waals surface area contributed by atoms with Crippen LogP contribution < -0.4 is 9.80 Å². The molecule has 144 valence electrons. The summed E-state index contributed by atoms with van der Waals surface area (Å²) in [4.78, 5) is 18.1. The predicted octanol–water partition coefficient (Wildman–Crippen LogP) is 3.61. The molecule has 4 heterocycles. The molecule has 5 rings (SSSR count). The van der Waals surface area contributed by atoms with Crippen molar-refractivity contribution in [2.45, 2.75) is 19.9 Å². The highest BCUT2D eigenvalue weighted by Gasteiger charge is 2.28. The van der Waals surface area contributed by atoms with E-state index in [9.17, 15) is 0 Å². The second kappa shape index (κ2) is 7.35. The molecule has 0 radical (unpaired) electrons. The van der Waals surface area contributed by atoms with Crippen LogP contribution in [0.15, 0.2) is 67.1 Å². The number of benzene rings is 1. The fraction of sp³-hybridized carbons (Fsp3) is 0.182. The molecular weight excluding hydrogens is 362 g/mol. The zero-order valence-electron chi connectivity index (χ0n) is 16.2. The van der Waals surface area contributed by atoms with Gasteiger partial charge < -0.3 is 9.80 Å². The average Bonchev–Trinajstić information content (AvgIpc) is 3.33. The summed E-state index contributed by atoms with van der Waals surface area (Å²) in [6.45, 7) is 3.42. The molecule has 0 saturated carbocycles. The van der Waals surface area contributed by atoms with Crippen molar-refractivity contribution in [3.05, 3.63) is 89.9 Å². The fourth-order valence-corrected chi connectivity index (χ4v) is 3.68. The van der Waals surface area contributed by atoms with Gasteiger partial charge in [0.2, 0.25) is 0 Å². The van der Waals surface area contributed by atoms with Crippen molar-refractivity contribution in [2.24, 2.45) is 0 Å². The molecule has 0 saturated heterocycles. The molecule has 1 aliphatic rings. The molecule has 1 aromatic carbocycles. The van der Waals surface area contributed by atoms with Crippen molar-refractivity contribution in [1.29, 1.82) is 0 Å². The Morgan fingerprint density at radius 2 is 1.79 bits per heavy atom. The lowest BCUT2D eigenvalue weighted by molar-refractivity contribution is 0.801. The van der Waals surface area contributed by atoms with Gasteiger partial charge in [-0.3, -0.25) is 5.10 Å². The van der Waals surface area contributed by atoms with E-state index in [1.165, 1.54) is 0 Å². The standard InChI is InChI=1S/C22H21N7/c1-16-10-18(27-26-16)11-17-12-19(25-14-24-17)13-28-15-29(20-6-3-2-4-7-20)22-21(28)8-5-9-23-22/h2-10,12,14H,11,13,15H2,1H3,(H,26,27). The molecule has 0 atom stereocenters. The second-order valence-electron chi connectivity index (χ2n) is 7.17. The third kappa shape index (κ3) is 3.54. The Labute approximate surface area is 169 Å². The van der Waals surface area contributed by atoms with Crippen LogP contribution in [0, 0.1) is 6.92 Å². The molecule has 0 spiro atoms. The minimum atomic E-state index is 0.689. The van der Waals surface area contributed by atoms with Gasteiger partial charge in [0.25, 0.3) is 0 Å². The Kier molecular flexibility index (Phi) is 4.40. The molecule has 29 heavy (non-hydrogen) atoms. The van der Waals surface area contributed by atoms with E-state index < -0.39 is 0 Å². The number of aryl methyl sites for hydroxylation is 1. The second-order valence-corrected chi connectivity index (χ2v) is 7.17. The predicted molar refractivity (Wildman–Crippen MR) is 112 cm³/mol. The highest BCUT2D eigenvalue weighted by molar-refractivity contribution is 5.78. The Hall–Kier alpha value is -3.74.